The van der Waals surface area contributed by atoms with Crippen molar-refractivity contribution in [3.05, 3.63) is 77.9 Å². The minimum Gasteiger partial charge on any atom is -0.497 e. The zero-order valence-corrected chi connectivity index (χ0v) is 21.8. The summed E-state index contributed by atoms with van der Waals surface area (Å²) in [6.07, 6.45) is 0. The highest BCUT2D eigenvalue weighted by atomic mass is 31.2. The maximum absolute atomic E-state index is 6.64. The molecule has 0 aromatic heterocycles. The zero-order valence-electron chi connectivity index (χ0n) is 20.9. The van der Waals surface area contributed by atoms with E-state index >= 15 is 0 Å². The molecule has 3 aromatic carbocycles. The Labute approximate surface area is 199 Å². The van der Waals surface area contributed by atoms with Gasteiger partial charge in [-0.25, -0.2) is 0 Å². The van der Waals surface area contributed by atoms with Gasteiger partial charge in [-0.1, -0.05) is 59.7 Å². The van der Waals surface area contributed by atoms with E-state index in [9.17, 15) is 0 Å². The molecule has 176 valence electrons. The second-order valence-electron chi connectivity index (χ2n) is 10.00. The number of methoxy groups -OCH3 is 2. The average molecular weight is 467 g/mol. The summed E-state index contributed by atoms with van der Waals surface area (Å²) in [7, 11) is 1.92. The largest absolute Gasteiger partial charge is 0.497 e. The van der Waals surface area contributed by atoms with Crippen molar-refractivity contribution < 1.29 is 18.5 Å². The number of ether oxygens (including phenoxy) is 2. The molecule has 0 aliphatic rings. The van der Waals surface area contributed by atoms with E-state index in [2.05, 4.69) is 41.5 Å². The molecule has 0 aliphatic carbocycles. The molecule has 0 N–H and O–H groups in total. The summed E-state index contributed by atoms with van der Waals surface area (Å²) in [5.74, 6) is 3.21. The van der Waals surface area contributed by atoms with E-state index in [0.29, 0.717) is 0 Å². The van der Waals surface area contributed by atoms with Crippen molar-refractivity contribution in [1.82, 2.24) is 0 Å². The van der Waals surface area contributed by atoms with Crippen molar-refractivity contribution in [2.45, 2.75) is 52.4 Å². The van der Waals surface area contributed by atoms with Crippen molar-refractivity contribution in [3.63, 3.8) is 0 Å². The van der Waals surface area contributed by atoms with E-state index in [0.717, 1.165) is 39.4 Å². The molecular formula is C28H35O4P. The smallest absolute Gasteiger partial charge is 0.326 e. The zero-order chi connectivity index (χ0) is 24.2. The lowest BCUT2D eigenvalue weighted by atomic mass is 9.86. The van der Waals surface area contributed by atoms with Gasteiger partial charge in [0.15, 0.2) is 0 Å². The topological polar surface area (TPSA) is 36.9 Å². The van der Waals surface area contributed by atoms with Crippen LogP contribution in [0.4, 0.5) is 0 Å². The number of hydrogen-bond donors (Lipinski definition) is 0. The Balaban J connectivity index is 2.06. The summed E-state index contributed by atoms with van der Waals surface area (Å²) in [4.78, 5) is 0. The third-order valence-corrected chi connectivity index (χ3v) is 6.76. The van der Waals surface area contributed by atoms with E-state index in [-0.39, 0.29) is 10.8 Å². The third-order valence-electron chi connectivity index (χ3n) is 5.32. The molecule has 0 spiro atoms. The maximum atomic E-state index is 6.64. The second-order valence-corrected chi connectivity index (χ2v) is 11.4. The number of benzene rings is 3. The molecule has 0 radical (unpaired) electrons. The van der Waals surface area contributed by atoms with E-state index in [1.165, 1.54) is 0 Å². The lowest BCUT2D eigenvalue weighted by molar-refractivity contribution is 0.408. The first-order valence-electron chi connectivity index (χ1n) is 11.1. The van der Waals surface area contributed by atoms with Gasteiger partial charge < -0.3 is 18.5 Å². The van der Waals surface area contributed by atoms with Crippen LogP contribution in [0.3, 0.4) is 0 Å². The SMILES string of the molecule is COc1ccc(OP(Oc2ccc(OC)cc2C(C)(C)C)c2ccccc2)c(C(C)(C)C)c1. The summed E-state index contributed by atoms with van der Waals surface area (Å²) in [5, 5.41) is 0.999. The average Bonchev–Trinajstić information content (AvgIpc) is 2.78. The van der Waals surface area contributed by atoms with Gasteiger partial charge in [0.25, 0.3) is 0 Å². The maximum Gasteiger partial charge on any atom is 0.326 e. The molecule has 0 atom stereocenters. The molecule has 33 heavy (non-hydrogen) atoms. The van der Waals surface area contributed by atoms with Crippen LogP contribution in [0, 0.1) is 0 Å². The number of rotatable bonds is 7. The van der Waals surface area contributed by atoms with Gasteiger partial charge in [0, 0.05) is 11.1 Å². The molecule has 0 bridgehead atoms. The van der Waals surface area contributed by atoms with E-state index in [1.54, 1.807) is 14.2 Å². The van der Waals surface area contributed by atoms with Gasteiger partial charge in [-0.3, -0.25) is 0 Å². The molecular weight excluding hydrogens is 431 g/mol. The summed E-state index contributed by atoms with van der Waals surface area (Å²) in [6.45, 7) is 13.0. The minimum atomic E-state index is -1.44. The van der Waals surface area contributed by atoms with Crippen LogP contribution in [-0.4, -0.2) is 14.2 Å². The highest BCUT2D eigenvalue weighted by Crippen LogP contribution is 2.46. The van der Waals surface area contributed by atoms with Crippen LogP contribution in [-0.2, 0) is 10.8 Å². The molecule has 3 rings (SSSR count). The van der Waals surface area contributed by atoms with Gasteiger partial charge in [-0.2, -0.15) is 0 Å². The van der Waals surface area contributed by atoms with E-state index in [1.807, 2.05) is 66.7 Å². The quantitative estimate of drug-likeness (QED) is 0.340. The monoisotopic (exact) mass is 466 g/mol. The molecule has 4 nitrogen and oxygen atoms in total. The van der Waals surface area contributed by atoms with Crippen LogP contribution >= 0.6 is 8.38 Å². The van der Waals surface area contributed by atoms with Gasteiger partial charge in [-0.05, 0) is 59.4 Å². The summed E-state index contributed by atoms with van der Waals surface area (Å²) >= 11 is 0. The Kier molecular flexibility index (Phi) is 7.59. The van der Waals surface area contributed by atoms with Crippen molar-refractivity contribution in [1.29, 1.82) is 0 Å². The predicted molar refractivity (Wildman–Crippen MR) is 138 cm³/mol. The van der Waals surface area contributed by atoms with Crippen LogP contribution in [0.1, 0.15) is 52.7 Å². The van der Waals surface area contributed by atoms with Crippen molar-refractivity contribution in [2.75, 3.05) is 14.2 Å². The van der Waals surface area contributed by atoms with Gasteiger partial charge >= 0.3 is 8.38 Å². The van der Waals surface area contributed by atoms with Gasteiger partial charge in [0.05, 0.1) is 19.5 Å². The fourth-order valence-corrected chi connectivity index (χ4v) is 4.80. The lowest BCUT2D eigenvalue weighted by Gasteiger charge is -2.28. The van der Waals surface area contributed by atoms with Gasteiger partial charge in [-0.15, -0.1) is 0 Å². The van der Waals surface area contributed by atoms with Gasteiger partial charge in [0.1, 0.15) is 23.0 Å². The first-order valence-corrected chi connectivity index (χ1v) is 12.3. The van der Waals surface area contributed by atoms with Crippen LogP contribution in [0.25, 0.3) is 0 Å². The fraction of sp³-hybridized carbons (Fsp3) is 0.357. The molecule has 0 unspecified atom stereocenters. The molecule has 0 saturated heterocycles. The van der Waals surface area contributed by atoms with Crippen LogP contribution in [0.15, 0.2) is 66.7 Å². The molecule has 0 saturated carbocycles. The molecule has 5 heteroatoms. The molecule has 0 fully saturated rings. The number of hydrogen-bond acceptors (Lipinski definition) is 4. The Morgan fingerprint density at radius 3 is 1.36 bits per heavy atom. The molecule has 0 heterocycles. The van der Waals surface area contributed by atoms with Crippen molar-refractivity contribution >= 4 is 13.7 Å². The van der Waals surface area contributed by atoms with Gasteiger partial charge in [0.2, 0.25) is 0 Å². The van der Waals surface area contributed by atoms with Crippen molar-refractivity contribution in [2.24, 2.45) is 0 Å². The van der Waals surface area contributed by atoms with E-state index < -0.39 is 8.38 Å². The van der Waals surface area contributed by atoms with Crippen LogP contribution in [0.2, 0.25) is 0 Å². The van der Waals surface area contributed by atoms with Crippen molar-refractivity contribution in [3.8, 4) is 23.0 Å². The standard InChI is InChI=1S/C28H35O4P/c1-27(2,3)23-18-20(29-7)14-16-25(23)31-33(22-12-10-9-11-13-22)32-26-17-15-21(30-8)19-24(26)28(4,5)6/h9-19H,1-8H3. The Hall–Kier alpha value is -2.71. The third kappa shape index (κ3) is 6.21. The summed E-state index contributed by atoms with van der Waals surface area (Å²) in [5.41, 5.74) is 1.88. The Morgan fingerprint density at radius 2 is 1.00 bits per heavy atom. The van der Waals surface area contributed by atoms with Crippen LogP contribution in [0.5, 0.6) is 23.0 Å². The Morgan fingerprint density at radius 1 is 0.576 bits per heavy atom. The summed E-state index contributed by atoms with van der Waals surface area (Å²) in [6, 6.07) is 22.0. The van der Waals surface area contributed by atoms with E-state index in [4.69, 9.17) is 18.5 Å². The highest BCUT2D eigenvalue weighted by Gasteiger charge is 2.27. The first kappa shape index (κ1) is 24.9. The Bertz CT molecular complexity index is 998. The highest BCUT2D eigenvalue weighted by molar-refractivity contribution is 7.56. The molecule has 0 aliphatic heterocycles. The second kappa shape index (κ2) is 10.1. The predicted octanol–water partition coefficient (Wildman–Crippen LogP) is 7.39. The normalized spacial score (nSPS) is 11.9. The summed E-state index contributed by atoms with van der Waals surface area (Å²) < 4.78 is 24.2. The minimum absolute atomic E-state index is 0.127. The molecule has 3 aromatic rings. The molecule has 0 amide bonds. The first-order chi connectivity index (χ1) is 15.5. The fourth-order valence-electron chi connectivity index (χ4n) is 3.46. The lowest BCUT2D eigenvalue weighted by Crippen LogP contribution is -2.17. The van der Waals surface area contributed by atoms with Crippen LogP contribution < -0.4 is 23.8 Å².